The Balaban J connectivity index is 1.96. The first-order valence-corrected chi connectivity index (χ1v) is 7.34. The SMILES string of the molecule is CNC(Cc1cccc2ccccc12)c1cc(C)ccn1. The van der Waals surface area contributed by atoms with Crippen LogP contribution in [0.25, 0.3) is 10.8 Å². The van der Waals surface area contributed by atoms with Gasteiger partial charge in [0.25, 0.3) is 0 Å². The predicted octanol–water partition coefficient (Wildman–Crippen LogP) is 4.05. The van der Waals surface area contributed by atoms with Gasteiger partial charge in [0, 0.05) is 6.20 Å². The van der Waals surface area contributed by atoms with Crippen molar-refractivity contribution in [1.29, 1.82) is 0 Å². The molecule has 3 rings (SSSR count). The highest BCUT2D eigenvalue weighted by Gasteiger charge is 2.13. The van der Waals surface area contributed by atoms with Crippen molar-refractivity contribution in [2.24, 2.45) is 0 Å². The first-order chi connectivity index (χ1) is 10.3. The predicted molar refractivity (Wildman–Crippen MR) is 88.4 cm³/mol. The van der Waals surface area contributed by atoms with E-state index >= 15 is 0 Å². The fourth-order valence-electron chi connectivity index (χ4n) is 2.80. The number of benzene rings is 2. The highest BCUT2D eigenvalue weighted by molar-refractivity contribution is 5.85. The molecule has 1 atom stereocenters. The molecule has 2 nitrogen and oxygen atoms in total. The van der Waals surface area contributed by atoms with Crippen molar-refractivity contribution in [3.05, 3.63) is 77.6 Å². The second kappa shape index (κ2) is 6.06. The van der Waals surface area contributed by atoms with E-state index < -0.39 is 0 Å². The van der Waals surface area contributed by atoms with Crippen LogP contribution in [-0.2, 0) is 6.42 Å². The fourth-order valence-corrected chi connectivity index (χ4v) is 2.80. The summed E-state index contributed by atoms with van der Waals surface area (Å²) >= 11 is 0. The number of aryl methyl sites for hydroxylation is 1. The number of aromatic nitrogens is 1. The molecule has 0 amide bonds. The maximum Gasteiger partial charge on any atom is 0.0579 e. The van der Waals surface area contributed by atoms with Crippen LogP contribution in [0.4, 0.5) is 0 Å². The van der Waals surface area contributed by atoms with Crippen molar-refractivity contribution in [3.8, 4) is 0 Å². The molecule has 106 valence electrons. The van der Waals surface area contributed by atoms with Crippen LogP contribution in [0.3, 0.4) is 0 Å². The molecule has 0 bridgehead atoms. The lowest BCUT2D eigenvalue weighted by Gasteiger charge is -2.17. The summed E-state index contributed by atoms with van der Waals surface area (Å²) in [5.74, 6) is 0. The summed E-state index contributed by atoms with van der Waals surface area (Å²) in [6.07, 6.45) is 2.83. The topological polar surface area (TPSA) is 24.9 Å². The van der Waals surface area contributed by atoms with Crippen molar-refractivity contribution in [1.82, 2.24) is 10.3 Å². The van der Waals surface area contributed by atoms with E-state index in [-0.39, 0.29) is 6.04 Å². The highest BCUT2D eigenvalue weighted by atomic mass is 14.9. The van der Waals surface area contributed by atoms with Crippen LogP contribution in [0, 0.1) is 6.92 Å². The van der Waals surface area contributed by atoms with Crippen molar-refractivity contribution in [3.63, 3.8) is 0 Å². The van der Waals surface area contributed by atoms with E-state index in [1.54, 1.807) is 0 Å². The van der Waals surface area contributed by atoms with Crippen molar-refractivity contribution < 1.29 is 0 Å². The van der Waals surface area contributed by atoms with Crippen LogP contribution in [0.15, 0.2) is 60.8 Å². The van der Waals surface area contributed by atoms with E-state index in [9.17, 15) is 0 Å². The Hall–Kier alpha value is -2.19. The van der Waals surface area contributed by atoms with Crippen molar-refractivity contribution >= 4 is 10.8 Å². The van der Waals surface area contributed by atoms with Gasteiger partial charge in [-0.05, 0) is 54.4 Å². The Kier molecular flexibility index (Phi) is 3.98. The average molecular weight is 276 g/mol. The second-order valence-corrected chi connectivity index (χ2v) is 5.44. The second-order valence-electron chi connectivity index (χ2n) is 5.44. The quantitative estimate of drug-likeness (QED) is 0.777. The van der Waals surface area contributed by atoms with Crippen LogP contribution >= 0.6 is 0 Å². The molecule has 1 aromatic heterocycles. The van der Waals surface area contributed by atoms with E-state index in [1.165, 1.54) is 21.9 Å². The van der Waals surface area contributed by atoms with Crippen LogP contribution in [0.5, 0.6) is 0 Å². The van der Waals surface area contributed by atoms with Gasteiger partial charge >= 0.3 is 0 Å². The van der Waals surface area contributed by atoms with Gasteiger partial charge in [0.15, 0.2) is 0 Å². The maximum absolute atomic E-state index is 4.52. The van der Waals surface area contributed by atoms with Gasteiger partial charge in [-0.2, -0.15) is 0 Å². The summed E-state index contributed by atoms with van der Waals surface area (Å²) in [6, 6.07) is 19.5. The summed E-state index contributed by atoms with van der Waals surface area (Å²) in [7, 11) is 2.00. The molecule has 1 unspecified atom stereocenters. The summed E-state index contributed by atoms with van der Waals surface area (Å²) in [5.41, 5.74) is 3.71. The molecule has 0 aliphatic rings. The van der Waals surface area contributed by atoms with E-state index in [0.29, 0.717) is 0 Å². The van der Waals surface area contributed by atoms with Crippen LogP contribution < -0.4 is 5.32 Å². The van der Waals surface area contributed by atoms with E-state index in [2.05, 4.69) is 65.8 Å². The lowest BCUT2D eigenvalue weighted by Crippen LogP contribution is -2.20. The molecule has 3 aromatic rings. The number of nitrogens with zero attached hydrogens (tertiary/aromatic N) is 1. The molecule has 0 fully saturated rings. The maximum atomic E-state index is 4.52. The third-order valence-corrected chi connectivity index (χ3v) is 3.95. The molecule has 0 spiro atoms. The molecular weight excluding hydrogens is 256 g/mol. The molecule has 2 aromatic carbocycles. The number of fused-ring (bicyclic) bond motifs is 1. The number of pyridine rings is 1. The lowest BCUT2D eigenvalue weighted by molar-refractivity contribution is 0.577. The van der Waals surface area contributed by atoms with Gasteiger partial charge in [-0.1, -0.05) is 42.5 Å². The number of rotatable bonds is 4. The Morgan fingerprint density at radius 3 is 2.67 bits per heavy atom. The minimum absolute atomic E-state index is 0.232. The van der Waals surface area contributed by atoms with Gasteiger partial charge < -0.3 is 5.32 Å². The Morgan fingerprint density at radius 2 is 1.86 bits per heavy atom. The average Bonchev–Trinajstić information content (AvgIpc) is 2.52. The van der Waals surface area contributed by atoms with Gasteiger partial charge in [0.05, 0.1) is 11.7 Å². The summed E-state index contributed by atoms with van der Waals surface area (Å²) in [6.45, 7) is 2.11. The van der Waals surface area contributed by atoms with Gasteiger partial charge in [-0.3, -0.25) is 4.98 Å². The normalized spacial score (nSPS) is 12.5. The van der Waals surface area contributed by atoms with Gasteiger partial charge in [0.1, 0.15) is 0 Å². The summed E-state index contributed by atoms with van der Waals surface area (Å²) in [4.78, 5) is 4.52. The molecule has 1 N–H and O–H groups in total. The number of likely N-dealkylation sites (N-methyl/N-ethyl adjacent to an activating group) is 1. The van der Waals surface area contributed by atoms with Gasteiger partial charge in [0.2, 0.25) is 0 Å². The minimum Gasteiger partial charge on any atom is -0.311 e. The first kappa shape index (κ1) is 13.8. The monoisotopic (exact) mass is 276 g/mol. The Morgan fingerprint density at radius 1 is 1.05 bits per heavy atom. The van der Waals surface area contributed by atoms with Crippen LogP contribution in [0.1, 0.15) is 22.9 Å². The summed E-state index contributed by atoms with van der Waals surface area (Å²) < 4.78 is 0. The number of hydrogen-bond donors (Lipinski definition) is 1. The van der Waals surface area contributed by atoms with E-state index in [4.69, 9.17) is 0 Å². The number of nitrogens with one attached hydrogen (secondary N) is 1. The molecule has 0 saturated heterocycles. The highest BCUT2D eigenvalue weighted by Crippen LogP contribution is 2.24. The van der Waals surface area contributed by atoms with Crippen molar-refractivity contribution in [2.45, 2.75) is 19.4 Å². The fraction of sp³-hybridized carbons (Fsp3) is 0.211. The minimum atomic E-state index is 0.232. The molecule has 0 saturated carbocycles. The van der Waals surface area contributed by atoms with Crippen molar-refractivity contribution in [2.75, 3.05) is 7.05 Å². The number of hydrogen-bond acceptors (Lipinski definition) is 2. The molecule has 0 aliphatic carbocycles. The third-order valence-electron chi connectivity index (χ3n) is 3.95. The zero-order valence-electron chi connectivity index (χ0n) is 12.5. The van der Waals surface area contributed by atoms with Crippen LogP contribution in [0.2, 0.25) is 0 Å². The molecule has 21 heavy (non-hydrogen) atoms. The standard InChI is InChI=1S/C19H20N2/c1-14-10-11-21-19(12-14)18(20-2)13-16-8-5-7-15-6-3-4-9-17(15)16/h3-12,18,20H,13H2,1-2H3. The third kappa shape index (κ3) is 2.96. The van der Waals surface area contributed by atoms with Crippen LogP contribution in [-0.4, -0.2) is 12.0 Å². The lowest BCUT2D eigenvalue weighted by atomic mass is 9.97. The largest absolute Gasteiger partial charge is 0.311 e. The molecular formula is C19H20N2. The van der Waals surface area contributed by atoms with Gasteiger partial charge in [-0.15, -0.1) is 0 Å². The van der Waals surface area contributed by atoms with E-state index in [1.807, 2.05) is 19.3 Å². The molecule has 0 aliphatic heterocycles. The molecule has 2 heteroatoms. The summed E-state index contributed by atoms with van der Waals surface area (Å²) in [5, 5.41) is 6.02. The van der Waals surface area contributed by atoms with E-state index in [0.717, 1.165) is 12.1 Å². The first-order valence-electron chi connectivity index (χ1n) is 7.34. The van der Waals surface area contributed by atoms with Gasteiger partial charge in [-0.25, -0.2) is 0 Å². The zero-order valence-corrected chi connectivity index (χ0v) is 12.5. The smallest absolute Gasteiger partial charge is 0.0579 e. The Labute approximate surface area is 125 Å². The molecule has 1 heterocycles. The Bertz CT molecular complexity index is 744. The zero-order chi connectivity index (χ0) is 14.7. The molecule has 0 radical (unpaired) electrons.